The molecular weight excluding hydrogens is 276 g/mol. The molecule has 1 amide bonds. The number of carbonyl (C=O) groups excluding carboxylic acids is 1. The van der Waals surface area contributed by atoms with Crippen LogP contribution in [-0.4, -0.2) is 32.1 Å². The number of unbranched alkanes of at least 4 members (excludes halogenated alkanes) is 2. The molecule has 4 nitrogen and oxygen atoms in total. The molecule has 2 N–H and O–H groups in total. The topological polar surface area (TPSA) is 50.4 Å². The first kappa shape index (κ1) is 16.8. The third-order valence-corrected chi connectivity index (χ3v) is 4.13. The minimum absolute atomic E-state index is 0.00323. The molecule has 122 valence electrons. The van der Waals surface area contributed by atoms with Crippen LogP contribution in [0, 0.1) is 5.92 Å². The van der Waals surface area contributed by atoms with Gasteiger partial charge in [-0.1, -0.05) is 19.8 Å². The van der Waals surface area contributed by atoms with Gasteiger partial charge in [-0.15, -0.1) is 0 Å². The normalized spacial score (nSPS) is 17.4. The van der Waals surface area contributed by atoms with E-state index in [9.17, 15) is 4.79 Å². The van der Waals surface area contributed by atoms with Crippen LogP contribution in [0.5, 0.6) is 5.75 Å². The van der Waals surface area contributed by atoms with Crippen molar-refractivity contribution in [3.63, 3.8) is 0 Å². The molecule has 1 aliphatic heterocycles. The Morgan fingerprint density at radius 3 is 2.82 bits per heavy atom. The maximum atomic E-state index is 12.1. The highest BCUT2D eigenvalue weighted by atomic mass is 16.5. The van der Waals surface area contributed by atoms with Crippen LogP contribution in [0.3, 0.4) is 0 Å². The van der Waals surface area contributed by atoms with Crippen molar-refractivity contribution in [2.75, 3.05) is 26.2 Å². The van der Waals surface area contributed by atoms with Crippen LogP contribution >= 0.6 is 0 Å². The summed E-state index contributed by atoms with van der Waals surface area (Å²) in [4.78, 5) is 12.1. The van der Waals surface area contributed by atoms with Gasteiger partial charge in [0.1, 0.15) is 5.75 Å². The smallest absolute Gasteiger partial charge is 0.251 e. The van der Waals surface area contributed by atoms with Gasteiger partial charge in [0.25, 0.3) is 5.91 Å². The van der Waals surface area contributed by atoms with Gasteiger partial charge in [0, 0.05) is 12.1 Å². The fourth-order valence-electron chi connectivity index (χ4n) is 2.70. The molecular formula is C18H28N2O2. The van der Waals surface area contributed by atoms with E-state index in [0.717, 1.165) is 44.8 Å². The van der Waals surface area contributed by atoms with Crippen LogP contribution in [0.4, 0.5) is 0 Å². The Kier molecular flexibility index (Phi) is 7.23. The standard InChI is InChI=1S/C18H28N2O2/c1-2-3-4-13-22-17-7-5-16(6-8-17)18(21)20-12-10-15-9-11-19-14-15/h5-8,15,19H,2-4,9-14H2,1H3,(H,20,21). The second-order valence-corrected chi connectivity index (χ2v) is 5.98. The third-order valence-electron chi connectivity index (χ3n) is 4.13. The van der Waals surface area contributed by atoms with E-state index in [4.69, 9.17) is 4.74 Å². The number of ether oxygens (including phenoxy) is 1. The first-order valence-electron chi connectivity index (χ1n) is 8.51. The summed E-state index contributed by atoms with van der Waals surface area (Å²) in [5, 5.41) is 6.34. The van der Waals surface area contributed by atoms with Gasteiger partial charge < -0.3 is 15.4 Å². The van der Waals surface area contributed by atoms with Crippen LogP contribution in [0.1, 0.15) is 49.4 Å². The minimum atomic E-state index is 0.00323. The molecule has 0 spiro atoms. The zero-order chi connectivity index (χ0) is 15.6. The Bertz CT molecular complexity index is 439. The predicted octanol–water partition coefficient (Wildman–Crippen LogP) is 2.99. The Morgan fingerprint density at radius 1 is 1.32 bits per heavy atom. The number of rotatable bonds is 9. The van der Waals surface area contributed by atoms with E-state index in [1.54, 1.807) is 0 Å². The number of benzene rings is 1. The zero-order valence-corrected chi connectivity index (χ0v) is 13.6. The van der Waals surface area contributed by atoms with E-state index in [1.165, 1.54) is 19.3 Å². The van der Waals surface area contributed by atoms with Crippen molar-refractivity contribution in [2.24, 2.45) is 5.92 Å². The third kappa shape index (κ3) is 5.68. The van der Waals surface area contributed by atoms with Gasteiger partial charge in [-0.2, -0.15) is 0 Å². The molecule has 1 unspecified atom stereocenters. The number of hydrogen-bond donors (Lipinski definition) is 2. The van der Waals surface area contributed by atoms with E-state index in [1.807, 2.05) is 24.3 Å². The number of carbonyl (C=O) groups is 1. The average molecular weight is 304 g/mol. The lowest BCUT2D eigenvalue weighted by Gasteiger charge is -2.10. The van der Waals surface area contributed by atoms with Crippen molar-refractivity contribution < 1.29 is 9.53 Å². The summed E-state index contributed by atoms with van der Waals surface area (Å²) in [6.45, 7) is 5.87. The molecule has 1 aromatic carbocycles. The van der Waals surface area contributed by atoms with Gasteiger partial charge in [0.05, 0.1) is 6.61 Å². The molecule has 0 radical (unpaired) electrons. The molecule has 0 bridgehead atoms. The van der Waals surface area contributed by atoms with Crippen LogP contribution in [0.15, 0.2) is 24.3 Å². The van der Waals surface area contributed by atoms with Crippen LogP contribution in [-0.2, 0) is 0 Å². The molecule has 0 aromatic heterocycles. The molecule has 0 saturated carbocycles. The zero-order valence-electron chi connectivity index (χ0n) is 13.6. The second kappa shape index (κ2) is 9.46. The highest BCUT2D eigenvalue weighted by Crippen LogP contribution is 2.14. The van der Waals surface area contributed by atoms with Gasteiger partial charge in [-0.05, 0) is 62.5 Å². The van der Waals surface area contributed by atoms with Crippen LogP contribution < -0.4 is 15.4 Å². The largest absolute Gasteiger partial charge is 0.494 e. The number of nitrogens with one attached hydrogen (secondary N) is 2. The molecule has 22 heavy (non-hydrogen) atoms. The molecule has 2 rings (SSSR count). The van der Waals surface area contributed by atoms with Crippen molar-refractivity contribution in [3.05, 3.63) is 29.8 Å². The SMILES string of the molecule is CCCCCOc1ccc(C(=O)NCCC2CCNC2)cc1. The Hall–Kier alpha value is -1.55. The van der Waals surface area contributed by atoms with Crippen molar-refractivity contribution in [1.82, 2.24) is 10.6 Å². The number of amides is 1. The van der Waals surface area contributed by atoms with Crippen molar-refractivity contribution in [1.29, 1.82) is 0 Å². The first-order valence-corrected chi connectivity index (χ1v) is 8.51. The van der Waals surface area contributed by atoms with Crippen molar-refractivity contribution >= 4 is 5.91 Å². The van der Waals surface area contributed by atoms with Crippen LogP contribution in [0.25, 0.3) is 0 Å². The van der Waals surface area contributed by atoms with Gasteiger partial charge in [-0.25, -0.2) is 0 Å². The van der Waals surface area contributed by atoms with Gasteiger partial charge >= 0.3 is 0 Å². The van der Waals surface area contributed by atoms with Gasteiger partial charge in [-0.3, -0.25) is 4.79 Å². The average Bonchev–Trinajstić information content (AvgIpc) is 3.05. The molecule has 1 heterocycles. The predicted molar refractivity (Wildman–Crippen MR) is 89.4 cm³/mol. The summed E-state index contributed by atoms with van der Waals surface area (Å²) in [5.74, 6) is 1.55. The number of hydrogen-bond acceptors (Lipinski definition) is 3. The molecule has 1 fully saturated rings. The summed E-state index contributed by atoms with van der Waals surface area (Å²) in [6.07, 6.45) is 5.74. The first-order chi connectivity index (χ1) is 10.8. The summed E-state index contributed by atoms with van der Waals surface area (Å²) < 4.78 is 5.65. The second-order valence-electron chi connectivity index (χ2n) is 5.98. The van der Waals surface area contributed by atoms with E-state index >= 15 is 0 Å². The Labute approximate surface area is 133 Å². The maximum absolute atomic E-state index is 12.1. The lowest BCUT2D eigenvalue weighted by atomic mass is 10.1. The van der Waals surface area contributed by atoms with Gasteiger partial charge in [0.2, 0.25) is 0 Å². The van der Waals surface area contributed by atoms with Crippen molar-refractivity contribution in [3.8, 4) is 5.75 Å². The quantitative estimate of drug-likeness (QED) is 0.690. The lowest BCUT2D eigenvalue weighted by Crippen LogP contribution is -2.26. The fourth-order valence-corrected chi connectivity index (χ4v) is 2.70. The van der Waals surface area contributed by atoms with E-state index in [0.29, 0.717) is 11.5 Å². The summed E-state index contributed by atoms with van der Waals surface area (Å²) in [5.41, 5.74) is 0.699. The minimum Gasteiger partial charge on any atom is -0.494 e. The molecule has 1 aliphatic rings. The highest BCUT2D eigenvalue weighted by molar-refractivity contribution is 5.94. The summed E-state index contributed by atoms with van der Waals surface area (Å²) >= 11 is 0. The van der Waals surface area contributed by atoms with Gasteiger partial charge in [0.15, 0.2) is 0 Å². The lowest BCUT2D eigenvalue weighted by molar-refractivity contribution is 0.0951. The van der Waals surface area contributed by atoms with E-state index < -0.39 is 0 Å². The Balaban J connectivity index is 1.68. The maximum Gasteiger partial charge on any atom is 0.251 e. The Morgan fingerprint density at radius 2 is 2.14 bits per heavy atom. The highest BCUT2D eigenvalue weighted by Gasteiger charge is 2.14. The summed E-state index contributed by atoms with van der Waals surface area (Å²) in [6, 6.07) is 7.42. The van der Waals surface area contributed by atoms with E-state index in [2.05, 4.69) is 17.6 Å². The fraction of sp³-hybridized carbons (Fsp3) is 0.611. The molecule has 1 aromatic rings. The monoisotopic (exact) mass is 304 g/mol. The molecule has 1 saturated heterocycles. The summed E-state index contributed by atoms with van der Waals surface area (Å²) in [7, 11) is 0. The molecule has 0 aliphatic carbocycles. The molecule has 1 atom stereocenters. The van der Waals surface area contributed by atoms with Crippen LogP contribution in [0.2, 0.25) is 0 Å². The van der Waals surface area contributed by atoms with E-state index in [-0.39, 0.29) is 5.91 Å². The molecule has 4 heteroatoms. The van der Waals surface area contributed by atoms with Crippen molar-refractivity contribution in [2.45, 2.75) is 39.0 Å².